The second-order valence-electron chi connectivity index (χ2n) is 7.26. The van der Waals surface area contributed by atoms with Gasteiger partial charge in [-0.05, 0) is 70.2 Å². The smallest absolute Gasteiger partial charge is 0.290 e. The summed E-state index contributed by atoms with van der Waals surface area (Å²) < 4.78 is 9.44. The van der Waals surface area contributed by atoms with Crippen LogP contribution in [0, 0.1) is 20.8 Å². The van der Waals surface area contributed by atoms with E-state index in [2.05, 4.69) is 20.1 Å². The quantitative estimate of drug-likeness (QED) is 0.379. The van der Waals surface area contributed by atoms with E-state index in [9.17, 15) is 4.79 Å². The number of benzene rings is 1. The number of aryl methyl sites for hydroxylation is 2. The normalized spacial score (nSPS) is 11.4. The number of nitrogens with zero attached hydrogens (tertiary/aromatic N) is 4. The molecule has 158 valence electrons. The molecular weight excluding hydrogens is 390 g/mol. The lowest BCUT2D eigenvalue weighted by atomic mass is 10.2. The highest BCUT2D eigenvalue weighted by Gasteiger charge is 2.16. The van der Waals surface area contributed by atoms with Crippen molar-refractivity contribution in [3.63, 3.8) is 0 Å². The zero-order valence-electron chi connectivity index (χ0n) is 18.1. The second kappa shape index (κ2) is 8.47. The Morgan fingerprint density at radius 1 is 1.16 bits per heavy atom. The Labute approximate surface area is 181 Å². The van der Waals surface area contributed by atoms with Crippen molar-refractivity contribution in [3.05, 3.63) is 83.1 Å². The summed E-state index contributed by atoms with van der Waals surface area (Å²) in [7, 11) is 0. The molecule has 0 bridgehead atoms. The summed E-state index contributed by atoms with van der Waals surface area (Å²) >= 11 is 0. The monoisotopic (exact) mass is 415 g/mol. The molecule has 4 rings (SSSR count). The zero-order chi connectivity index (χ0) is 22.0. The molecule has 0 saturated heterocycles. The number of hydrogen-bond acceptors (Lipinski definition) is 4. The van der Waals surface area contributed by atoms with Crippen LogP contribution < -0.4 is 10.2 Å². The molecule has 0 unspecified atom stereocenters. The number of imidazole rings is 1. The van der Waals surface area contributed by atoms with Gasteiger partial charge in [-0.1, -0.05) is 6.07 Å². The van der Waals surface area contributed by atoms with Crippen LogP contribution >= 0.6 is 0 Å². The largest absolute Gasteiger partial charge is 0.494 e. The first kappa shape index (κ1) is 20.4. The number of fused-ring (bicyclic) bond motifs is 1. The molecule has 0 saturated carbocycles. The Hall–Kier alpha value is -3.87. The van der Waals surface area contributed by atoms with Gasteiger partial charge in [0.2, 0.25) is 0 Å². The van der Waals surface area contributed by atoms with E-state index in [4.69, 9.17) is 4.74 Å². The molecule has 7 nitrogen and oxygen atoms in total. The summed E-state index contributed by atoms with van der Waals surface area (Å²) in [6, 6.07) is 15.6. The molecule has 0 aliphatic heterocycles. The van der Waals surface area contributed by atoms with E-state index in [1.165, 1.54) is 0 Å². The van der Waals surface area contributed by atoms with E-state index in [0.717, 1.165) is 34.0 Å². The van der Waals surface area contributed by atoms with Crippen LogP contribution in [0.2, 0.25) is 0 Å². The average Bonchev–Trinajstić information content (AvgIpc) is 3.24. The first-order valence-electron chi connectivity index (χ1n) is 10.2. The molecule has 0 fully saturated rings. The fourth-order valence-corrected chi connectivity index (χ4v) is 3.77. The fourth-order valence-electron chi connectivity index (χ4n) is 3.77. The van der Waals surface area contributed by atoms with Crippen LogP contribution in [0.1, 0.15) is 40.1 Å². The number of aromatic nitrogens is 3. The van der Waals surface area contributed by atoms with Gasteiger partial charge in [-0.3, -0.25) is 9.20 Å². The van der Waals surface area contributed by atoms with Crippen LogP contribution in [-0.4, -0.2) is 32.7 Å². The van der Waals surface area contributed by atoms with E-state index in [-0.39, 0.29) is 5.91 Å². The molecule has 0 radical (unpaired) electrons. The highest BCUT2D eigenvalue weighted by atomic mass is 16.5. The minimum absolute atomic E-state index is 0.298. The van der Waals surface area contributed by atoms with E-state index in [1.807, 2.05) is 82.4 Å². The molecule has 0 aliphatic carbocycles. The Morgan fingerprint density at radius 3 is 2.68 bits per heavy atom. The topological polar surface area (TPSA) is 72.9 Å². The number of amides is 1. The number of carbonyl (C=O) groups excluding carboxylic acids is 1. The van der Waals surface area contributed by atoms with E-state index in [1.54, 1.807) is 10.6 Å². The summed E-state index contributed by atoms with van der Waals surface area (Å²) in [6.45, 7) is 8.50. The van der Waals surface area contributed by atoms with Crippen LogP contribution in [0.4, 0.5) is 0 Å². The van der Waals surface area contributed by atoms with Crippen molar-refractivity contribution in [2.75, 3.05) is 6.61 Å². The molecule has 4 aromatic rings. The fraction of sp³-hybridized carbons (Fsp3) is 0.208. The predicted octanol–water partition coefficient (Wildman–Crippen LogP) is 4.21. The Bertz CT molecular complexity index is 1270. The van der Waals surface area contributed by atoms with Gasteiger partial charge in [-0.2, -0.15) is 5.10 Å². The molecule has 31 heavy (non-hydrogen) atoms. The molecule has 1 amide bonds. The summed E-state index contributed by atoms with van der Waals surface area (Å²) in [4.78, 5) is 17.1. The van der Waals surface area contributed by atoms with Crippen molar-refractivity contribution < 1.29 is 9.53 Å². The zero-order valence-corrected chi connectivity index (χ0v) is 18.1. The molecule has 0 atom stereocenters. The third-order valence-corrected chi connectivity index (χ3v) is 5.17. The maximum Gasteiger partial charge on any atom is 0.290 e. The van der Waals surface area contributed by atoms with E-state index < -0.39 is 0 Å². The predicted molar refractivity (Wildman–Crippen MR) is 121 cm³/mol. The molecule has 3 aromatic heterocycles. The average molecular weight is 415 g/mol. The first-order chi connectivity index (χ1) is 15.0. The van der Waals surface area contributed by atoms with Gasteiger partial charge in [-0.25, -0.2) is 10.4 Å². The second-order valence-corrected chi connectivity index (χ2v) is 7.26. The van der Waals surface area contributed by atoms with Gasteiger partial charge in [0.25, 0.3) is 5.91 Å². The van der Waals surface area contributed by atoms with Gasteiger partial charge in [0.15, 0.2) is 0 Å². The molecule has 3 heterocycles. The number of hydrazone groups is 1. The van der Waals surface area contributed by atoms with Crippen LogP contribution in [0.5, 0.6) is 5.75 Å². The third kappa shape index (κ3) is 3.94. The van der Waals surface area contributed by atoms with Crippen LogP contribution in [0.3, 0.4) is 0 Å². The van der Waals surface area contributed by atoms with Crippen LogP contribution in [0.15, 0.2) is 59.8 Å². The third-order valence-electron chi connectivity index (χ3n) is 5.17. The van der Waals surface area contributed by atoms with Gasteiger partial charge < -0.3 is 9.30 Å². The van der Waals surface area contributed by atoms with Crippen molar-refractivity contribution >= 4 is 17.8 Å². The first-order valence-corrected chi connectivity index (χ1v) is 10.2. The number of ether oxygens (including phenoxy) is 1. The van der Waals surface area contributed by atoms with Crippen LogP contribution in [-0.2, 0) is 0 Å². The Balaban J connectivity index is 1.54. The van der Waals surface area contributed by atoms with Crippen molar-refractivity contribution in [2.45, 2.75) is 27.7 Å². The molecular formula is C24H25N5O2. The summed E-state index contributed by atoms with van der Waals surface area (Å²) in [6.07, 6.45) is 3.49. The van der Waals surface area contributed by atoms with Gasteiger partial charge in [0.05, 0.1) is 18.5 Å². The SMILES string of the molecule is CCOc1ccc(-n2c(C)cc(/C=N\NC(=O)c3c(C)nc4ccccn34)c2C)cc1. The van der Waals surface area contributed by atoms with Crippen molar-refractivity contribution in [1.82, 2.24) is 19.4 Å². The van der Waals surface area contributed by atoms with Crippen molar-refractivity contribution in [2.24, 2.45) is 5.10 Å². The molecule has 7 heteroatoms. The number of hydrogen-bond donors (Lipinski definition) is 1. The van der Waals surface area contributed by atoms with Gasteiger partial charge in [0.1, 0.15) is 17.1 Å². The lowest BCUT2D eigenvalue weighted by molar-refractivity contribution is 0.0948. The number of rotatable bonds is 6. The van der Waals surface area contributed by atoms with Crippen molar-refractivity contribution in [1.29, 1.82) is 0 Å². The highest BCUT2D eigenvalue weighted by Crippen LogP contribution is 2.22. The number of pyridine rings is 1. The number of nitrogens with one attached hydrogen (secondary N) is 1. The summed E-state index contributed by atoms with van der Waals surface area (Å²) in [5, 5.41) is 4.19. The van der Waals surface area contributed by atoms with E-state index in [0.29, 0.717) is 18.0 Å². The standard InChI is InChI=1S/C24H25N5O2/c1-5-31-21-11-9-20(10-12-21)29-16(2)14-19(18(29)4)15-25-27-24(30)23-17(3)26-22-8-6-7-13-28(22)23/h6-15H,5H2,1-4H3,(H,27,30)/b25-15-. The van der Waals surface area contributed by atoms with E-state index >= 15 is 0 Å². The number of carbonyl (C=O) groups is 1. The molecule has 1 aromatic carbocycles. The molecule has 1 N–H and O–H groups in total. The van der Waals surface area contributed by atoms with Gasteiger partial charge in [-0.15, -0.1) is 0 Å². The Kier molecular flexibility index (Phi) is 5.58. The molecule has 0 spiro atoms. The minimum atomic E-state index is -0.298. The Morgan fingerprint density at radius 2 is 1.94 bits per heavy atom. The lowest BCUT2D eigenvalue weighted by Gasteiger charge is -2.10. The minimum Gasteiger partial charge on any atom is -0.494 e. The van der Waals surface area contributed by atoms with Gasteiger partial charge in [0, 0.05) is 28.8 Å². The maximum atomic E-state index is 12.7. The summed E-state index contributed by atoms with van der Waals surface area (Å²) in [5.74, 6) is 0.550. The highest BCUT2D eigenvalue weighted by molar-refractivity contribution is 5.95. The maximum absolute atomic E-state index is 12.7. The van der Waals surface area contributed by atoms with Crippen molar-refractivity contribution in [3.8, 4) is 11.4 Å². The summed E-state index contributed by atoms with van der Waals surface area (Å²) in [5.41, 5.74) is 8.58. The molecule has 0 aliphatic rings. The van der Waals surface area contributed by atoms with Gasteiger partial charge >= 0.3 is 0 Å². The lowest BCUT2D eigenvalue weighted by Crippen LogP contribution is -2.20. The van der Waals surface area contributed by atoms with Crippen LogP contribution in [0.25, 0.3) is 11.3 Å².